The number of carbonyl (C=O) groups is 1. The Hall–Kier alpha value is -1.88. The molecule has 1 saturated heterocycles. The molecule has 29 heavy (non-hydrogen) atoms. The number of carbonyl (C=O) groups excluding carboxylic acids is 1. The molecule has 1 aliphatic heterocycles. The Balaban J connectivity index is 1.41. The number of ether oxygens (including phenoxy) is 1. The van der Waals surface area contributed by atoms with Gasteiger partial charge in [0.2, 0.25) is 15.2 Å². The number of benzene rings is 1. The molecule has 4 rings (SSSR count). The zero-order valence-electron chi connectivity index (χ0n) is 16.0. The molecule has 0 radical (unpaired) electrons. The molecule has 0 atom stereocenters. The quantitative estimate of drug-likeness (QED) is 0.773. The maximum Gasteiger partial charge on any atom is 0.257 e. The summed E-state index contributed by atoms with van der Waals surface area (Å²) >= 11 is 1.42. The molecule has 1 N–H and O–H groups in total. The van der Waals surface area contributed by atoms with E-state index in [2.05, 4.69) is 15.5 Å². The first kappa shape index (κ1) is 20.4. The minimum Gasteiger partial charge on any atom is -0.379 e. The van der Waals surface area contributed by atoms with E-state index in [1.807, 2.05) is 0 Å². The first-order chi connectivity index (χ1) is 14.0. The molecular weight excluding hydrogens is 412 g/mol. The Labute approximate surface area is 174 Å². The molecule has 1 aromatic carbocycles. The molecule has 1 aliphatic carbocycles. The van der Waals surface area contributed by atoms with E-state index in [1.54, 1.807) is 0 Å². The van der Waals surface area contributed by atoms with E-state index in [9.17, 15) is 13.2 Å². The average Bonchev–Trinajstić information content (AvgIpc) is 3.23. The van der Waals surface area contributed by atoms with Crippen LogP contribution in [-0.4, -0.2) is 55.1 Å². The summed E-state index contributed by atoms with van der Waals surface area (Å²) in [6.45, 7) is 1.46. The summed E-state index contributed by atoms with van der Waals surface area (Å²) in [6.07, 6.45) is 5.96. The predicted octanol–water partition coefficient (Wildman–Crippen LogP) is 2.86. The molecule has 0 spiro atoms. The molecular formula is C19H24N4O4S2. The van der Waals surface area contributed by atoms with Crippen molar-refractivity contribution in [1.29, 1.82) is 0 Å². The molecule has 2 fully saturated rings. The number of sulfonamides is 1. The lowest BCUT2D eigenvalue weighted by Gasteiger charge is -2.26. The SMILES string of the molecule is O=C(Nc1nnc(C2CCCCC2)s1)c1ccc(S(=O)(=O)N2CCOCC2)cc1. The van der Waals surface area contributed by atoms with Crippen LogP contribution in [0.25, 0.3) is 0 Å². The van der Waals surface area contributed by atoms with Gasteiger partial charge in [0, 0.05) is 24.6 Å². The van der Waals surface area contributed by atoms with Gasteiger partial charge in [-0.25, -0.2) is 8.42 Å². The maximum absolute atomic E-state index is 12.7. The smallest absolute Gasteiger partial charge is 0.257 e. The van der Waals surface area contributed by atoms with Crippen molar-refractivity contribution in [2.45, 2.75) is 42.9 Å². The minimum atomic E-state index is -3.57. The van der Waals surface area contributed by atoms with Crippen molar-refractivity contribution in [2.24, 2.45) is 0 Å². The monoisotopic (exact) mass is 436 g/mol. The van der Waals surface area contributed by atoms with Crippen LogP contribution < -0.4 is 5.32 Å². The molecule has 2 heterocycles. The van der Waals surface area contributed by atoms with Crippen LogP contribution in [0.15, 0.2) is 29.2 Å². The molecule has 1 aromatic heterocycles. The lowest BCUT2D eigenvalue weighted by Crippen LogP contribution is -2.40. The first-order valence-corrected chi connectivity index (χ1v) is 12.1. The van der Waals surface area contributed by atoms with E-state index in [4.69, 9.17) is 4.74 Å². The third kappa shape index (κ3) is 4.66. The number of anilines is 1. The van der Waals surface area contributed by atoms with E-state index in [0.717, 1.165) is 17.8 Å². The van der Waals surface area contributed by atoms with Crippen LogP contribution in [0.3, 0.4) is 0 Å². The summed E-state index contributed by atoms with van der Waals surface area (Å²) in [5.41, 5.74) is 0.375. The fourth-order valence-corrected chi connectivity index (χ4v) is 6.00. The van der Waals surface area contributed by atoms with Crippen LogP contribution in [0.1, 0.15) is 53.4 Å². The standard InChI is InChI=1S/C19H24N4O4S2/c24-17(20-19-22-21-18(28-19)15-4-2-1-3-5-15)14-6-8-16(9-7-14)29(25,26)23-10-12-27-13-11-23/h6-9,15H,1-5,10-13H2,(H,20,22,24). The highest BCUT2D eigenvalue weighted by Gasteiger charge is 2.26. The number of hydrogen-bond donors (Lipinski definition) is 1. The zero-order valence-corrected chi connectivity index (χ0v) is 17.7. The minimum absolute atomic E-state index is 0.173. The van der Waals surface area contributed by atoms with Gasteiger partial charge in [-0.3, -0.25) is 10.1 Å². The number of amides is 1. The fraction of sp³-hybridized carbons (Fsp3) is 0.526. The number of nitrogens with zero attached hydrogens (tertiary/aromatic N) is 3. The average molecular weight is 437 g/mol. The van der Waals surface area contributed by atoms with E-state index in [1.165, 1.54) is 59.2 Å². The summed E-state index contributed by atoms with van der Waals surface area (Å²) in [6, 6.07) is 5.97. The van der Waals surface area contributed by atoms with Gasteiger partial charge < -0.3 is 4.74 Å². The fourth-order valence-electron chi connectivity index (χ4n) is 3.68. The third-order valence-corrected chi connectivity index (χ3v) is 8.25. The molecule has 1 saturated carbocycles. The van der Waals surface area contributed by atoms with E-state index in [0.29, 0.717) is 42.9 Å². The van der Waals surface area contributed by atoms with Crippen molar-refractivity contribution >= 4 is 32.4 Å². The number of nitrogens with one attached hydrogen (secondary N) is 1. The van der Waals surface area contributed by atoms with Crippen LogP contribution in [0.2, 0.25) is 0 Å². The van der Waals surface area contributed by atoms with Gasteiger partial charge in [-0.1, -0.05) is 30.6 Å². The van der Waals surface area contributed by atoms with Crippen LogP contribution in [0.4, 0.5) is 5.13 Å². The van der Waals surface area contributed by atoms with Crippen LogP contribution >= 0.6 is 11.3 Å². The molecule has 2 aromatic rings. The van der Waals surface area contributed by atoms with E-state index in [-0.39, 0.29) is 10.8 Å². The second kappa shape index (κ2) is 8.86. The Kier molecular flexibility index (Phi) is 6.23. The van der Waals surface area contributed by atoms with Crippen LogP contribution in [0, 0.1) is 0 Å². The normalized spacial score (nSPS) is 19.2. The Morgan fingerprint density at radius 1 is 1.07 bits per heavy atom. The largest absolute Gasteiger partial charge is 0.379 e. The molecule has 2 aliphatic rings. The third-order valence-electron chi connectivity index (χ3n) is 5.34. The highest BCUT2D eigenvalue weighted by molar-refractivity contribution is 7.89. The zero-order chi connectivity index (χ0) is 20.3. The summed E-state index contributed by atoms with van der Waals surface area (Å²) in [7, 11) is -3.57. The van der Waals surface area contributed by atoms with Gasteiger partial charge in [-0.05, 0) is 37.1 Å². The van der Waals surface area contributed by atoms with E-state index >= 15 is 0 Å². The summed E-state index contributed by atoms with van der Waals surface area (Å²) < 4.78 is 31.9. The number of aromatic nitrogens is 2. The molecule has 0 bridgehead atoms. The van der Waals surface area contributed by atoms with Crippen LogP contribution in [0.5, 0.6) is 0 Å². The molecule has 8 nitrogen and oxygen atoms in total. The summed E-state index contributed by atoms with van der Waals surface area (Å²) in [5, 5.41) is 12.6. The molecule has 10 heteroatoms. The lowest BCUT2D eigenvalue weighted by molar-refractivity contribution is 0.0730. The highest BCUT2D eigenvalue weighted by atomic mass is 32.2. The Morgan fingerprint density at radius 3 is 2.45 bits per heavy atom. The Morgan fingerprint density at radius 2 is 1.76 bits per heavy atom. The number of hydrogen-bond acceptors (Lipinski definition) is 7. The lowest BCUT2D eigenvalue weighted by atomic mass is 9.90. The van der Waals surface area contributed by atoms with Gasteiger partial charge in [0.15, 0.2) is 0 Å². The molecule has 0 unspecified atom stereocenters. The molecule has 1 amide bonds. The predicted molar refractivity (Wildman–Crippen MR) is 110 cm³/mol. The van der Waals surface area contributed by atoms with Gasteiger partial charge >= 0.3 is 0 Å². The van der Waals surface area contributed by atoms with Gasteiger partial charge in [-0.15, -0.1) is 10.2 Å². The van der Waals surface area contributed by atoms with E-state index < -0.39 is 10.0 Å². The summed E-state index contributed by atoms with van der Waals surface area (Å²) in [4.78, 5) is 12.7. The van der Waals surface area contributed by atoms with Gasteiger partial charge in [0.05, 0.1) is 18.1 Å². The maximum atomic E-state index is 12.7. The van der Waals surface area contributed by atoms with Crippen molar-refractivity contribution in [2.75, 3.05) is 31.6 Å². The van der Waals surface area contributed by atoms with Crippen molar-refractivity contribution in [3.05, 3.63) is 34.8 Å². The molecule has 156 valence electrons. The first-order valence-electron chi connectivity index (χ1n) is 9.87. The highest BCUT2D eigenvalue weighted by Crippen LogP contribution is 2.35. The Bertz CT molecular complexity index is 947. The van der Waals surface area contributed by atoms with Gasteiger partial charge in [-0.2, -0.15) is 4.31 Å². The van der Waals surface area contributed by atoms with Crippen molar-refractivity contribution in [3.63, 3.8) is 0 Å². The van der Waals surface area contributed by atoms with Crippen LogP contribution in [-0.2, 0) is 14.8 Å². The van der Waals surface area contributed by atoms with Crippen molar-refractivity contribution in [1.82, 2.24) is 14.5 Å². The van der Waals surface area contributed by atoms with Gasteiger partial charge in [0.1, 0.15) is 5.01 Å². The summed E-state index contributed by atoms with van der Waals surface area (Å²) in [5.74, 6) is 0.114. The second-order valence-corrected chi connectivity index (χ2v) is 10.2. The van der Waals surface area contributed by atoms with Gasteiger partial charge in [0.25, 0.3) is 5.91 Å². The van der Waals surface area contributed by atoms with Crippen molar-refractivity contribution in [3.8, 4) is 0 Å². The second-order valence-electron chi connectivity index (χ2n) is 7.28. The topological polar surface area (TPSA) is 101 Å². The number of rotatable bonds is 5. The van der Waals surface area contributed by atoms with Crippen molar-refractivity contribution < 1.29 is 17.9 Å². The number of morpholine rings is 1.